The van der Waals surface area contributed by atoms with Crippen molar-refractivity contribution in [1.82, 2.24) is 4.98 Å². The third kappa shape index (κ3) is 8.74. The van der Waals surface area contributed by atoms with Gasteiger partial charge >= 0.3 is 11.9 Å². The van der Waals surface area contributed by atoms with Gasteiger partial charge in [-0.15, -0.1) is 0 Å². The molecule has 0 saturated heterocycles. The molecule has 60 heavy (non-hydrogen) atoms. The van der Waals surface area contributed by atoms with Crippen LogP contribution in [0.2, 0.25) is 0 Å². The Morgan fingerprint density at radius 1 is 0.633 bits per heavy atom. The Morgan fingerprint density at radius 2 is 1.17 bits per heavy atom. The minimum Gasteiger partial charge on any atom is -0.478 e. The van der Waals surface area contributed by atoms with Crippen molar-refractivity contribution in [2.45, 2.75) is 154 Å². The Labute approximate surface area is 358 Å². The highest BCUT2D eigenvalue weighted by atomic mass is 16.4. The van der Waals surface area contributed by atoms with Crippen molar-refractivity contribution < 1.29 is 19.8 Å². The third-order valence-corrected chi connectivity index (χ3v) is 14.6. The van der Waals surface area contributed by atoms with Gasteiger partial charge in [0, 0.05) is 29.8 Å². The second kappa shape index (κ2) is 16.1. The molecule has 2 N–H and O–H groups in total. The lowest BCUT2D eigenvalue weighted by atomic mass is 9.62. The molecule has 3 aromatic carbocycles. The molecular formula is C55H65NO4. The SMILES string of the molecule is C/C(=C/C(=O)O)c1ccc(C2C=C(c3cc4c(cc3C)C(C)(C)CCC4(C)C)CC2)cc1.CC1(C)CCC(C)(C)c2cc(C3=CC(c4ccc(C(=O)O)cn4)CC3)ccc21. The summed E-state index contributed by atoms with van der Waals surface area (Å²) in [6.45, 7) is 23.1. The number of aliphatic carboxylic acids is 1. The molecule has 4 aromatic rings. The maximum absolute atomic E-state index is 11.0. The van der Waals surface area contributed by atoms with Gasteiger partial charge in [-0.05, 0) is 166 Å². The molecule has 314 valence electrons. The Morgan fingerprint density at radius 3 is 1.75 bits per heavy atom. The molecular weight excluding hydrogens is 739 g/mol. The number of nitrogens with zero attached hydrogens (tertiary/aromatic N) is 1. The van der Waals surface area contributed by atoms with E-state index in [0.29, 0.717) is 5.92 Å². The van der Waals surface area contributed by atoms with Gasteiger partial charge in [-0.25, -0.2) is 9.59 Å². The van der Waals surface area contributed by atoms with Crippen molar-refractivity contribution >= 4 is 28.7 Å². The molecule has 0 spiro atoms. The molecule has 0 bridgehead atoms. The van der Waals surface area contributed by atoms with Crippen LogP contribution in [0.5, 0.6) is 0 Å². The minimum absolute atomic E-state index is 0.216. The Kier molecular flexibility index (Phi) is 11.6. The third-order valence-electron chi connectivity index (χ3n) is 14.6. The number of carboxylic acid groups (broad SMARTS) is 2. The summed E-state index contributed by atoms with van der Waals surface area (Å²) in [5, 5.41) is 18.0. The molecule has 5 heteroatoms. The lowest BCUT2D eigenvalue weighted by Crippen LogP contribution is -2.34. The number of carboxylic acids is 2. The zero-order valence-corrected chi connectivity index (χ0v) is 37.6. The second-order valence-electron chi connectivity index (χ2n) is 20.7. The molecule has 1 heterocycles. The Balaban J connectivity index is 0.000000183. The highest BCUT2D eigenvalue weighted by molar-refractivity contribution is 5.89. The fourth-order valence-electron chi connectivity index (χ4n) is 10.3. The molecule has 2 atom stereocenters. The average molecular weight is 804 g/mol. The molecule has 0 saturated carbocycles. The van der Waals surface area contributed by atoms with E-state index in [9.17, 15) is 9.59 Å². The highest BCUT2D eigenvalue weighted by Gasteiger charge is 2.39. The van der Waals surface area contributed by atoms with Crippen molar-refractivity contribution in [3.05, 3.63) is 152 Å². The topological polar surface area (TPSA) is 87.5 Å². The van der Waals surface area contributed by atoms with Gasteiger partial charge in [-0.1, -0.05) is 122 Å². The monoisotopic (exact) mass is 803 g/mol. The maximum Gasteiger partial charge on any atom is 0.337 e. The molecule has 1 aromatic heterocycles. The number of hydrogen-bond donors (Lipinski definition) is 2. The number of aryl methyl sites for hydroxylation is 1. The standard InChI is InChI=1S/C30H36O2.C25H29NO2/c1-19(16-28(31)32)21-7-9-22(10-8-21)23-11-12-24(17-23)25-18-27-26(15-20(25)2)29(3,4)13-14-30(27,5)6;1-24(2)11-12-25(3,4)21-14-17(7-9-20(21)24)16-5-6-18(13-16)22-10-8-19(15-26-22)23(27)28/h7-10,15-18,23H,11-14H2,1-6H3,(H,31,32);7-10,13-15,18H,5-6,11-12H2,1-4H3,(H,27,28)/b19-16-;. The zero-order valence-electron chi connectivity index (χ0n) is 37.6. The van der Waals surface area contributed by atoms with Gasteiger partial charge in [0.15, 0.2) is 0 Å². The number of carbonyl (C=O) groups is 2. The van der Waals surface area contributed by atoms with Gasteiger partial charge in [0.1, 0.15) is 0 Å². The summed E-state index contributed by atoms with van der Waals surface area (Å²) in [4.78, 5) is 26.4. The van der Waals surface area contributed by atoms with E-state index >= 15 is 0 Å². The largest absolute Gasteiger partial charge is 0.478 e. The van der Waals surface area contributed by atoms with E-state index in [0.717, 1.165) is 42.5 Å². The Hall–Kier alpha value is -5.03. The molecule has 4 aliphatic rings. The number of aromatic carboxylic acids is 1. The lowest BCUT2D eigenvalue weighted by molar-refractivity contribution is -0.131. The number of hydrogen-bond acceptors (Lipinski definition) is 3. The van der Waals surface area contributed by atoms with Gasteiger partial charge in [0.05, 0.1) is 5.56 Å². The smallest absolute Gasteiger partial charge is 0.337 e. The normalized spacial score (nSPS) is 22.1. The summed E-state index contributed by atoms with van der Waals surface area (Å²) in [6.07, 6.45) is 16.8. The van der Waals surface area contributed by atoms with E-state index in [1.807, 2.05) is 25.1 Å². The number of rotatable bonds is 7. The van der Waals surface area contributed by atoms with E-state index < -0.39 is 11.9 Å². The van der Waals surface area contributed by atoms with Crippen molar-refractivity contribution in [2.24, 2.45) is 0 Å². The molecule has 5 nitrogen and oxygen atoms in total. The first-order valence-electron chi connectivity index (χ1n) is 22.1. The van der Waals surface area contributed by atoms with Crippen molar-refractivity contribution in [3.63, 3.8) is 0 Å². The van der Waals surface area contributed by atoms with Crippen LogP contribution in [0.4, 0.5) is 0 Å². The summed E-state index contributed by atoms with van der Waals surface area (Å²) >= 11 is 0. The fraction of sp³-hybridized carbons (Fsp3) is 0.436. The van der Waals surface area contributed by atoms with Crippen LogP contribution in [-0.2, 0) is 26.5 Å². The van der Waals surface area contributed by atoms with Crippen LogP contribution in [0.25, 0.3) is 16.7 Å². The van der Waals surface area contributed by atoms with Crippen LogP contribution in [0.1, 0.15) is 192 Å². The van der Waals surface area contributed by atoms with E-state index in [1.165, 1.54) is 93.6 Å². The summed E-state index contributed by atoms with van der Waals surface area (Å²) in [5.41, 5.74) is 18.2. The molecule has 8 rings (SSSR count). The van der Waals surface area contributed by atoms with Gasteiger partial charge < -0.3 is 10.2 Å². The average Bonchev–Trinajstić information content (AvgIpc) is 3.90. The fourth-order valence-corrected chi connectivity index (χ4v) is 10.3. The van der Waals surface area contributed by atoms with Gasteiger partial charge in [-0.3, -0.25) is 4.98 Å². The van der Waals surface area contributed by atoms with Gasteiger partial charge in [0.2, 0.25) is 0 Å². The van der Waals surface area contributed by atoms with Gasteiger partial charge in [0.25, 0.3) is 0 Å². The summed E-state index contributed by atoms with van der Waals surface area (Å²) in [7, 11) is 0. The number of pyridine rings is 1. The van der Waals surface area contributed by atoms with E-state index in [1.54, 1.807) is 6.07 Å². The first-order valence-corrected chi connectivity index (χ1v) is 22.1. The van der Waals surface area contributed by atoms with Crippen LogP contribution in [-0.4, -0.2) is 27.1 Å². The maximum atomic E-state index is 11.0. The first-order chi connectivity index (χ1) is 28.1. The molecule has 0 amide bonds. The number of allylic oxidation sites excluding steroid dienone is 5. The van der Waals surface area contributed by atoms with Crippen LogP contribution >= 0.6 is 0 Å². The van der Waals surface area contributed by atoms with E-state index in [-0.39, 0.29) is 33.1 Å². The van der Waals surface area contributed by atoms with E-state index in [4.69, 9.17) is 10.2 Å². The van der Waals surface area contributed by atoms with Crippen LogP contribution in [0, 0.1) is 6.92 Å². The molecule has 2 unspecified atom stereocenters. The Bertz CT molecular complexity index is 2400. The number of fused-ring (bicyclic) bond motifs is 2. The minimum atomic E-state index is -0.929. The molecule has 0 radical (unpaired) electrons. The second-order valence-corrected chi connectivity index (χ2v) is 20.7. The quantitative estimate of drug-likeness (QED) is 0.182. The highest BCUT2D eigenvalue weighted by Crippen LogP contribution is 2.50. The van der Waals surface area contributed by atoms with Crippen LogP contribution in [0.3, 0.4) is 0 Å². The van der Waals surface area contributed by atoms with Crippen LogP contribution < -0.4 is 0 Å². The number of benzene rings is 3. The number of aromatic nitrogens is 1. The summed E-state index contributed by atoms with van der Waals surface area (Å²) < 4.78 is 0. The summed E-state index contributed by atoms with van der Waals surface area (Å²) in [5.74, 6) is -1.15. The van der Waals surface area contributed by atoms with Crippen molar-refractivity contribution in [3.8, 4) is 0 Å². The van der Waals surface area contributed by atoms with Crippen molar-refractivity contribution in [2.75, 3.05) is 0 Å². The predicted molar refractivity (Wildman–Crippen MR) is 247 cm³/mol. The molecule has 4 aliphatic carbocycles. The molecule has 0 fully saturated rings. The lowest BCUT2D eigenvalue weighted by Gasteiger charge is -2.42. The summed E-state index contributed by atoms with van der Waals surface area (Å²) in [6, 6.07) is 23.9. The zero-order chi connectivity index (χ0) is 43.4. The van der Waals surface area contributed by atoms with E-state index in [2.05, 4.69) is 122 Å². The molecule has 0 aliphatic heterocycles. The van der Waals surface area contributed by atoms with Gasteiger partial charge in [-0.2, -0.15) is 0 Å². The first kappa shape index (κ1) is 43.1. The van der Waals surface area contributed by atoms with Crippen molar-refractivity contribution in [1.29, 1.82) is 0 Å². The van der Waals surface area contributed by atoms with Crippen LogP contribution in [0.15, 0.2) is 91.2 Å². The predicted octanol–water partition coefficient (Wildman–Crippen LogP) is 13.9.